The average Bonchev–Trinajstić information content (AvgIpc) is 2.83. The van der Waals surface area contributed by atoms with E-state index in [-0.39, 0.29) is 5.97 Å². The van der Waals surface area contributed by atoms with E-state index in [1.54, 1.807) is 24.3 Å². The lowest BCUT2D eigenvalue weighted by Gasteiger charge is -2.21. The van der Waals surface area contributed by atoms with Gasteiger partial charge in [0.25, 0.3) is 0 Å². The summed E-state index contributed by atoms with van der Waals surface area (Å²) in [7, 11) is 5.39. The number of hydrogen-bond acceptors (Lipinski definition) is 5. The van der Waals surface area contributed by atoms with Crippen molar-refractivity contribution >= 4 is 34.7 Å². The quantitative estimate of drug-likeness (QED) is 0.183. The molecule has 0 atom stereocenters. The van der Waals surface area contributed by atoms with E-state index in [1.165, 1.54) is 26.4 Å². The average molecular weight is 470 g/mol. The first-order valence-electron chi connectivity index (χ1n) is 11.2. The van der Waals surface area contributed by atoms with Crippen LogP contribution in [0.5, 0.6) is 5.75 Å². The van der Waals surface area contributed by atoms with Crippen LogP contribution in [0.3, 0.4) is 0 Å². The smallest absolute Gasteiger partial charge is 0.337 e. The number of anilines is 2. The maximum absolute atomic E-state index is 11.5. The number of benzene rings is 2. The molecule has 2 aromatic rings. The van der Waals surface area contributed by atoms with E-state index in [2.05, 4.69) is 23.8 Å². The van der Waals surface area contributed by atoms with Crippen LogP contribution in [0.15, 0.2) is 61.2 Å². The molecule has 0 saturated heterocycles. The summed E-state index contributed by atoms with van der Waals surface area (Å²) in [5.41, 5.74) is 2.25. The molecule has 0 amide bonds. The SMILES string of the molecule is C=CCN(C)CCCCCCOc1ccc(N(C)C(=S)Nc2ccc(C(=O)OC)cc2)cc1. The van der Waals surface area contributed by atoms with Crippen LogP contribution in [-0.4, -0.2) is 56.9 Å². The summed E-state index contributed by atoms with van der Waals surface area (Å²) in [6, 6.07) is 14.9. The van der Waals surface area contributed by atoms with Crippen molar-refractivity contribution in [2.24, 2.45) is 0 Å². The van der Waals surface area contributed by atoms with Crippen molar-refractivity contribution in [2.75, 3.05) is 51.1 Å². The Hall–Kier alpha value is -2.90. The van der Waals surface area contributed by atoms with E-state index in [1.807, 2.05) is 42.3 Å². The second-order valence-electron chi connectivity index (χ2n) is 7.87. The molecule has 2 rings (SSSR count). The Morgan fingerprint density at radius 3 is 2.33 bits per heavy atom. The Bertz CT molecular complexity index is 885. The largest absolute Gasteiger partial charge is 0.494 e. The summed E-state index contributed by atoms with van der Waals surface area (Å²) < 4.78 is 10.6. The highest BCUT2D eigenvalue weighted by molar-refractivity contribution is 7.80. The topological polar surface area (TPSA) is 54.0 Å². The van der Waals surface area contributed by atoms with Crippen molar-refractivity contribution in [1.82, 2.24) is 4.90 Å². The first-order chi connectivity index (χ1) is 15.9. The summed E-state index contributed by atoms with van der Waals surface area (Å²) in [4.78, 5) is 15.7. The van der Waals surface area contributed by atoms with Crippen LogP contribution in [0.2, 0.25) is 0 Å². The summed E-state index contributed by atoms with van der Waals surface area (Å²) in [5, 5.41) is 3.73. The van der Waals surface area contributed by atoms with Crippen molar-refractivity contribution in [3.8, 4) is 5.75 Å². The standard InChI is InChI=1S/C26H35N3O3S/c1-5-18-28(2)19-8-6-7-9-20-32-24-16-14-23(15-17-24)29(3)26(33)27-22-12-10-21(11-13-22)25(30)31-4/h5,10-17H,1,6-9,18-20H2,2-4H3,(H,27,33). The Labute approximate surface area is 203 Å². The van der Waals surface area contributed by atoms with Crippen LogP contribution in [0.1, 0.15) is 36.0 Å². The van der Waals surface area contributed by atoms with E-state index in [4.69, 9.17) is 21.7 Å². The molecule has 0 aliphatic rings. The third-order valence-electron chi connectivity index (χ3n) is 5.23. The van der Waals surface area contributed by atoms with Gasteiger partial charge in [0.15, 0.2) is 5.11 Å². The van der Waals surface area contributed by atoms with Gasteiger partial charge in [-0.25, -0.2) is 4.79 Å². The molecule has 1 N–H and O–H groups in total. The van der Waals surface area contributed by atoms with Crippen molar-refractivity contribution in [3.05, 3.63) is 66.7 Å². The first kappa shape index (κ1) is 26.4. The van der Waals surface area contributed by atoms with Gasteiger partial charge in [-0.1, -0.05) is 18.9 Å². The van der Waals surface area contributed by atoms with Crippen LogP contribution in [0.25, 0.3) is 0 Å². The van der Waals surface area contributed by atoms with Crippen LogP contribution < -0.4 is 15.0 Å². The van der Waals surface area contributed by atoms with Crippen LogP contribution in [0, 0.1) is 0 Å². The van der Waals surface area contributed by atoms with Crippen LogP contribution in [-0.2, 0) is 4.74 Å². The van der Waals surface area contributed by atoms with Gasteiger partial charge in [0.05, 0.1) is 19.3 Å². The normalized spacial score (nSPS) is 10.5. The fraction of sp³-hybridized carbons (Fsp3) is 0.385. The van der Waals surface area contributed by atoms with E-state index < -0.39 is 0 Å². The van der Waals surface area contributed by atoms with Crippen molar-refractivity contribution in [2.45, 2.75) is 25.7 Å². The van der Waals surface area contributed by atoms with Gasteiger partial charge in [0, 0.05) is 25.0 Å². The lowest BCUT2D eigenvalue weighted by Crippen LogP contribution is -2.30. The van der Waals surface area contributed by atoms with E-state index >= 15 is 0 Å². The van der Waals surface area contributed by atoms with Gasteiger partial charge in [-0.05, 0) is 87.2 Å². The minimum atomic E-state index is -0.365. The molecule has 0 fully saturated rings. The Kier molecular flexibility index (Phi) is 11.4. The van der Waals surface area contributed by atoms with Gasteiger partial charge >= 0.3 is 5.97 Å². The second kappa shape index (κ2) is 14.3. The molecule has 6 nitrogen and oxygen atoms in total. The maximum atomic E-state index is 11.5. The van der Waals surface area contributed by atoms with Gasteiger partial charge < -0.3 is 24.6 Å². The molecule has 0 aliphatic carbocycles. The number of carbonyl (C=O) groups is 1. The zero-order chi connectivity index (χ0) is 24.1. The third kappa shape index (κ3) is 9.24. The van der Waals surface area contributed by atoms with Crippen molar-refractivity contribution < 1.29 is 14.3 Å². The fourth-order valence-electron chi connectivity index (χ4n) is 3.24. The van der Waals surface area contributed by atoms with Crippen molar-refractivity contribution in [3.63, 3.8) is 0 Å². The van der Waals surface area contributed by atoms with E-state index in [9.17, 15) is 4.79 Å². The molecule has 0 aliphatic heterocycles. The Morgan fingerprint density at radius 2 is 1.70 bits per heavy atom. The van der Waals surface area contributed by atoms with E-state index in [0.717, 1.165) is 43.2 Å². The number of methoxy groups -OCH3 is 1. The third-order valence-corrected chi connectivity index (χ3v) is 5.61. The van der Waals surface area contributed by atoms with E-state index in [0.29, 0.717) is 10.7 Å². The lowest BCUT2D eigenvalue weighted by atomic mass is 10.2. The molecule has 0 radical (unpaired) electrons. The highest BCUT2D eigenvalue weighted by Crippen LogP contribution is 2.20. The minimum Gasteiger partial charge on any atom is -0.494 e. The molecule has 0 heterocycles. The number of unbranched alkanes of at least 4 members (excludes halogenated alkanes) is 3. The predicted octanol–water partition coefficient (Wildman–Crippen LogP) is 5.36. The summed E-state index contributed by atoms with van der Waals surface area (Å²) in [5.74, 6) is 0.491. The maximum Gasteiger partial charge on any atom is 0.337 e. The number of nitrogens with zero attached hydrogens (tertiary/aromatic N) is 2. The molecule has 0 saturated carbocycles. The number of esters is 1. The first-order valence-corrected chi connectivity index (χ1v) is 11.6. The zero-order valence-electron chi connectivity index (χ0n) is 19.9. The highest BCUT2D eigenvalue weighted by atomic mass is 32.1. The van der Waals surface area contributed by atoms with Crippen LogP contribution >= 0.6 is 12.2 Å². The molecular formula is C26H35N3O3S. The number of ether oxygens (including phenoxy) is 2. The lowest BCUT2D eigenvalue weighted by molar-refractivity contribution is 0.0601. The molecule has 178 valence electrons. The minimum absolute atomic E-state index is 0.365. The highest BCUT2D eigenvalue weighted by Gasteiger charge is 2.09. The van der Waals surface area contributed by atoms with Gasteiger partial charge in [0.1, 0.15) is 5.75 Å². The van der Waals surface area contributed by atoms with Gasteiger partial charge in [-0.3, -0.25) is 0 Å². The second-order valence-corrected chi connectivity index (χ2v) is 8.25. The van der Waals surface area contributed by atoms with Crippen molar-refractivity contribution in [1.29, 1.82) is 0 Å². The summed E-state index contributed by atoms with van der Waals surface area (Å²) >= 11 is 5.52. The molecule has 33 heavy (non-hydrogen) atoms. The Balaban J connectivity index is 1.72. The number of thiocarbonyl (C=S) groups is 1. The number of hydrogen-bond donors (Lipinski definition) is 1. The summed E-state index contributed by atoms with van der Waals surface area (Å²) in [6.07, 6.45) is 6.57. The van der Waals surface area contributed by atoms with Gasteiger partial charge in [-0.15, -0.1) is 6.58 Å². The Morgan fingerprint density at radius 1 is 1.03 bits per heavy atom. The zero-order valence-corrected chi connectivity index (χ0v) is 20.7. The molecular weight excluding hydrogens is 434 g/mol. The number of nitrogens with one attached hydrogen (secondary N) is 1. The van der Waals surface area contributed by atoms with Crippen LogP contribution in [0.4, 0.5) is 11.4 Å². The molecule has 0 aromatic heterocycles. The monoisotopic (exact) mass is 469 g/mol. The molecule has 0 spiro atoms. The van der Waals surface area contributed by atoms with Gasteiger partial charge in [0.2, 0.25) is 0 Å². The predicted molar refractivity (Wildman–Crippen MR) is 141 cm³/mol. The molecule has 0 bridgehead atoms. The number of rotatable bonds is 13. The fourth-order valence-corrected chi connectivity index (χ4v) is 3.46. The van der Waals surface area contributed by atoms with Gasteiger partial charge in [-0.2, -0.15) is 0 Å². The number of likely N-dealkylation sites (N-methyl/N-ethyl adjacent to an activating group) is 1. The number of carbonyl (C=O) groups excluding carboxylic acids is 1. The molecule has 2 aromatic carbocycles. The molecule has 0 unspecified atom stereocenters. The summed E-state index contributed by atoms with van der Waals surface area (Å²) in [6.45, 7) is 6.54. The molecule has 7 heteroatoms.